The van der Waals surface area contributed by atoms with Gasteiger partial charge in [-0.1, -0.05) is 119 Å². The fourth-order valence-corrected chi connectivity index (χ4v) is 5.70. The van der Waals surface area contributed by atoms with Gasteiger partial charge in [0, 0.05) is 18.2 Å². The minimum atomic E-state index is -0.0549. The average molecular weight is 570 g/mol. The normalized spacial score (nSPS) is 11.1. The molecular formula is C33H46ClN2O2S+. The van der Waals surface area contributed by atoms with Crippen LogP contribution in [0.3, 0.4) is 0 Å². The molecule has 0 bridgehead atoms. The molecule has 0 atom stereocenters. The first-order chi connectivity index (χ1) is 19.0. The van der Waals surface area contributed by atoms with E-state index in [1.807, 2.05) is 36.4 Å². The Hall–Kier alpha value is -2.37. The Morgan fingerprint density at radius 3 is 2.26 bits per heavy atom. The van der Waals surface area contributed by atoms with E-state index in [2.05, 4.69) is 40.7 Å². The van der Waals surface area contributed by atoms with Crippen LogP contribution in [0.5, 0.6) is 5.75 Å². The SMILES string of the molecule is CCCCCCCCCCCCCCOc1cc(CC(=O)Nc2cccc(C[n+]3cscc3C)c2)ccc1Cl. The van der Waals surface area contributed by atoms with Crippen LogP contribution in [0.1, 0.15) is 101 Å². The Morgan fingerprint density at radius 2 is 1.59 bits per heavy atom. The summed E-state index contributed by atoms with van der Waals surface area (Å²) in [7, 11) is 0. The number of benzene rings is 2. The summed E-state index contributed by atoms with van der Waals surface area (Å²) >= 11 is 8.06. The number of halogens is 1. The molecular weight excluding hydrogens is 524 g/mol. The van der Waals surface area contributed by atoms with E-state index in [-0.39, 0.29) is 12.3 Å². The molecule has 6 heteroatoms. The summed E-state index contributed by atoms with van der Waals surface area (Å²) in [6.07, 6.45) is 16.1. The number of thiazole rings is 1. The van der Waals surface area contributed by atoms with Crippen LogP contribution in [0, 0.1) is 6.92 Å². The van der Waals surface area contributed by atoms with Gasteiger partial charge in [0.05, 0.1) is 23.4 Å². The van der Waals surface area contributed by atoms with Crippen molar-refractivity contribution in [2.24, 2.45) is 0 Å². The molecule has 39 heavy (non-hydrogen) atoms. The average Bonchev–Trinajstić information content (AvgIpc) is 3.32. The topological polar surface area (TPSA) is 42.2 Å². The molecule has 0 unspecified atom stereocenters. The van der Waals surface area contributed by atoms with Crippen molar-refractivity contribution in [3.8, 4) is 5.75 Å². The van der Waals surface area contributed by atoms with Crippen molar-refractivity contribution in [2.45, 2.75) is 104 Å². The van der Waals surface area contributed by atoms with E-state index in [4.69, 9.17) is 16.3 Å². The first-order valence-corrected chi connectivity index (χ1v) is 16.1. The van der Waals surface area contributed by atoms with Gasteiger partial charge in [0.15, 0.2) is 12.2 Å². The third-order valence-corrected chi connectivity index (χ3v) is 8.22. The zero-order chi connectivity index (χ0) is 27.7. The Labute approximate surface area is 244 Å². The smallest absolute Gasteiger partial charge is 0.228 e. The first-order valence-electron chi connectivity index (χ1n) is 14.8. The number of amides is 1. The van der Waals surface area contributed by atoms with E-state index in [0.29, 0.717) is 17.4 Å². The predicted octanol–water partition coefficient (Wildman–Crippen LogP) is 9.31. The monoisotopic (exact) mass is 569 g/mol. The quantitative estimate of drug-likeness (QED) is 0.115. The number of nitrogens with one attached hydrogen (secondary N) is 1. The number of aromatic nitrogens is 1. The van der Waals surface area contributed by atoms with Gasteiger partial charge in [0.1, 0.15) is 5.75 Å². The predicted molar refractivity (Wildman–Crippen MR) is 165 cm³/mol. The third-order valence-electron chi connectivity index (χ3n) is 7.06. The van der Waals surface area contributed by atoms with Gasteiger partial charge in [-0.3, -0.25) is 4.79 Å². The van der Waals surface area contributed by atoms with Gasteiger partial charge in [-0.05, 0) is 36.2 Å². The number of rotatable bonds is 19. The molecule has 1 aromatic heterocycles. The maximum atomic E-state index is 12.8. The lowest BCUT2D eigenvalue weighted by Gasteiger charge is -2.11. The minimum Gasteiger partial charge on any atom is -0.492 e. The Balaban J connectivity index is 1.33. The number of aryl methyl sites for hydroxylation is 1. The molecule has 4 nitrogen and oxygen atoms in total. The second-order valence-corrected chi connectivity index (χ2v) is 11.7. The fourth-order valence-electron chi connectivity index (χ4n) is 4.74. The summed E-state index contributed by atoms with van der Waals surface area (Å²) in [5, 5.41) is 5.76. The molecule has 0 saturated carbocycles. The van der Waals surface area contributed by atoms with Crippen molar-refractivity contribution in [3.05, 3.63) is 75.2 Å². The molecule has 3 rings (SSSR count). The molecule has 0 aliphatic heterocycles. The van der Waals surface area contributed by atoms with Gasteiger partial charge < -0.3 is 10.1 Å². The molecule has 0 spiro atoms. The van der Waals surface area contributed by atoms with E-state index < -0.39 is 0 Å². The highest BCUT2D eigenvalue weighted by Gasteiger charge is 2.11. The van der Waals surface area contributed by atoms with Crippen LogP contribution < -0.4 is 14.6 Å². The maximum absolute atomic E-state index is 12.8. The van der Waals surface area contributed by atoms with Gasteiger partial charge in [0.25, 0.3) is 0 Å². The molecule has 212 valence electrons. The summed E-state index contributed by atoms with van der Waals surface area (Å²) in [5.74, 6) is 0.607. The maximum Gasteiger partial charge on any atom is 0.228 e. The molecule has 1 heterocycles. The van der Waals surface area contributed by atoms with Gasteiger partial charge in [0.2, 0.25) is 11.4 Å². The standard InChI is InChI=1S/C33H45ClN2O2S/c1-3-4-5-6-7-8-9-10-11-12-13-14-20-38-32-22-28(18-19-31(32)34)23-33(37)35-30-17-15-16-29(21-30)24-36-26-39-25-27(36)2/h15-19,21-22,25-26H,3-14,20,23-24H2,1-2H3/p+1. The number of carbonyl (C=O) groups excluding carboxylic acids is 1. The Morgan fingerprint density at radius 1 is 0.897 bits per heavy atom. The van der Waals surface area contributed by atoms with Crippen molar-refractivity contribution < 1.29 is 14.1 Å². The lowest BCUT2D eigenvalue weighted by molar-refractivity contribution is -0.689. The van der Waals surface area contributed by atoms with Crippen molar-refractivity contribution >= 4 is 34.5 Å². The minimum absolute atomic E-state index is 0.0549. The van der Waals surface area contributed by atoms with Gasteiger partial charge >= 0.3 is 0 Å². The molecule has 0 radical (unpaired) electrons. The molecule has 0 fully saturated rings. The van der Waals surface area contributed by atoms with Gasteiger partial charge in [-0.2, -0.15) is 4.57 Å². The molecule has 2 aromatic carbocycles. The number of unbranched alkanes of at least 4 members (excludes halogenated alkanes) is 11. The van der Waals surface area contributed by atoms with Crippen LogP contribution >= 0.6 is 22.9 Å². The molecule has 3 aromatic rings. The number of hydrogen-bond acceptors (Lipinski definition) is 3. The van der Waals surface area contributed by atoms with Crippen LogP contribution in [0.15, 0.2) is 53.4 Å². The molecule has 1 amide bonds. The third kappa shape index (κ3) is 12.1. The second-order valence-electron chi connectivity index (χ2n) is 10.6. The number of hydrogen-bond donors (Lipinski definition) is 1. The van der Waals surface area contributed by atoms with E-state index in [0.717, 1.165) is 29.8 Å². The summed E-state index contributed by atoms with van der Waals surface area (Å²) in [5.41, 5.74) is 6.19. The summed E-state index contributed by atoms with van der Waals surface area (Å²) < 4.78 is 8.19. The zero-order valence-electron chi connectivity index (χ0n) is 23.9. The van der Waals surface area contributed by atoms with Crippen LogP contribution in [0.2, 0.25) is 5.02 Å². The zero-order valence-corrected chi connectivity index (χ0v) is 25.4. The largest absolute Gasteiger partial charge is 0.492 e. The highest BCUT2D eigenvalue weighted by atomic mass is 35.5. The molecule has 0 aliphatic carbocycles. The number of anilines is 1. The van der Waals surface area contributed by atoms with E-state index in [9.17, 15) is 4.79 Å². The van der Waals surface area contributed by atoms with Crippen molar-refractivity contribution in [1.82, 2.24) is 0 Å². The van der Waals surface area contributed by atoms with Gasteiger partial charge in [-0.25, -0.2) is 0 Å². The van der Waals surface area contributed by atoms with Gasteiger partial charge in [-0.15, -0.1) is 0 Å². The Kier molecular flexibility index (Phi) is 14.4. The summed E-state index contributed by atoms with van der Waals surface area (Å²) in [6.45, 7) is 5.81. The number of nitrogens with zero attached hydrogens (tertiary/aromatic N) is 1. The molecule has 0 saturated heterocycles. The van der Waals surface area contributed by atoms with Crippen LogP contribution in [-0.2, 0) is 17.8 Å². The van der Waals surface area contributed by atoms with Crippen molar-refractivity contribution in [1.29, 1.82) is 0 Å². The number of carbonyl (C=O) groups is 1. The highest BCUT2D eigenvalue weighted by Crippen LogP contribution is 2.26. The van der Waals surface area contributed by atoms with Crippen LogP contribution in [0.25, 0.3) is 0 Å². The number of ether oxygens (including phenoxy) is 1. The van der Waals surface area contributed by atoms with Crippen molar-refractivity contribution in [3.63, 3.8) is 0 Å². The fraction of sp³-hybridized carbons (Fsp3) is 0.515. The molecule has 0 aliphatic rings. The lowest BCUT2D eigenvalue weighted by atomic mass is 10.1. The first kappa shape index (κ1) is 31.2. The molecule has 1 N–H and O–H groups in total. The summed E-state index contributed by atoms with van der Waals surface area (Å²) in [6, 6.07) is 13.6. The lowest BCUT2D eigenvalue weighted by Crippen LogP contribution is -2.34. The van der Waals surface area contributed by atoms with E-state index in [1.165, 1.54) is 76.3 Å². The Bertz CT molecular complexity index is 1130. The van der Waals surface area contributed by atoms with Crippen LogP contribution in [-0.4, -0.2) is 12.5 Å². The second kappa shape index (κ2) is 18.1. The van der Waals surface area contributed by atoms with Crippen molar-refractivity contribution in [2.75, 3.05) is 11.9 Å². The van der Waals surface area contributed by atoms with E-state index in [1.54, 1.807) is 11.3 Å². The highest BCUT2D eigenvalue weighted by molar-refractivity contribution is 7.07. The van der Waals surface area contributed by atoms with E-state index >= 15 is 0 Å². The van der Waals surface area contributed by atoms with Crippen LogP contribution in [0.4, 0.5) is 5.69 Å². The summed E-state index contributed by atoms with van der Waals surface area (Å²) in [4.78, 5) is 12.8.